The molecule has 0 aliphatic carbocycles. The topological polar surface area (TPSA) is 67.6 Å². The predicted molar refractivity (Wildman–Crippen MR) is 137 cm³/mol. The van der Waals surface area contributed by atoms with E-state index in [1.165, 1.54) is 5.56 Å². The smallest absolute Gasteiger partial charge is 0.227 e. The molecule has 2 aliphatic heterocycles. The minimum atomic E-state index is 0.0805. The van der Waals surface area contributed by atoms with Gasteiger partial charge in [-0.2, -0.15) is 5.26 Å². The van der Waals surface area contributed by atoms with Crippen LogP contribution in [0.15, 0.2) is 78.9 Å². The number of rotatable bonds is 5. The van der Waals surface area contributed by atoms with E-state index in [1.807, 2.05) is 59.5 Å². The zero-order chi connectivity index (χ0) is 24.2. The van der Waals surface area contributed by atoms with Crippen LogP contribution in [0.25, 0.3) is 11.1 Å². The van der Waals surface area contributed by atoms with E-state index < -0.39 is 0 Å². The molecule has 5 rings (SSSR count). The first-order valence-corrected chi connectivity index (χ1v) is 12.5. The third kappa shape index (κ3) is 4.86. The number of amides is 1. The molecule has 5 heteroatoms. The van der Waals surface area contributed by atoms with Gasteiger partial charge in [0.15, 0.2) is 0 Å². The number of fused-ring (bicyclic) bond motifs is 1. The van der Waals surface area contributed by atoms with Gasteiger partial charge in [-0.1, -0.05) is 66.7 Å². The van der Waals surface area contributed by atoms with Crippen LogP contribution in [0.2, 0.25) is 0 Å². The van der Waals surface area contributed by atoms with E-state index in [4.69, 9.17) is 0 Å². The van der Waals surface area contributed by atoms with Crippen molar-refractivity contribution in [3.05, 3.63) is 95.6 Å². The van der Waals surface area contributed by atoms with Crippen LogP contribution >= 0.6 is 0 Å². The lowest BCUT2D eigenvalue weighted by Crippen LogP contribution is -2.68. The minimum Gasteiger partial charge on any atom is -0.395 e. The molecule has 1 amide bonds. The first-order chi connectivity index (χ1) is 17.2. The van der Waals surface area contributed by atoms with Gasteiger partial charge in [-0.25, -0.2) is 0 Å². The number of benzene rings is 3. The molecule has 0 saturated carbocycles. The quantitative estimate of drug-likeness (QED) is 0.613. The Morgan fingerprint density at radius 1 is 0.943 bits per heavy atom. The molecule has 3 aromatic rings. The number of carbonyl (C=O) groups is 1. The Bertz CT molecular complexity index is 1200. The van der Waals surface area contributed by atoms with Crippen LogP contribution in [0.1, 0.15) is 35.4 Å². The van der Waals surface area contributed by atoms with Gasteiger partial charge >= 0.3 is 0 Å². The van der Waals surface area contributed by atoms with Crippen LogP contribution in [0.5, 0.6) is 0 Å². The van der Waals surface area contributed by atoms with Crippen molar-refractivity contribution in [2.45, 2.75) is 37.3 Å². The molecule has 5 nitrogen and oxygen atoms in total. The summed E-state index contributed by atoms with van der Waals surface area (Å²) < 4.78 is 0. The second kappa shape index (κ2) is 10.4. The first-order valence-electron chi connectivity index (χ1n) is 12.5. The Balaban J connectivity index is 1.35. The average molecular weight is 466 g/mol. The Kier molecular flexibility index (Phi) is 6.94. The zero-order valence-corrected chi connectivity index (χ0v) is 19.9. The highest BCUT2D eigenvalue weighted by Crippen LogP contribution is 2.42. The lowest BCUT2D eigenvalue weighted by Gasteiger charge is -2.57. The lowest BCUT2D eigenvalue weighted by atomic mass is 9.74. The second-order valence-electron chi connectivity index (χ2n) is 9.60. The molecule has 2 fully saturated rings. The molecule has 0 bridgehead atoms. The van der Waals surface area contributed by atoms with Gasteiger partial charge in [-0.05, 0) is 53.8 Å². The van der Waals surface area contributed by atoms with Crippen molar-refractivity contribution in [3.8, 4) is 17.2 Å². The summed E-state index contributed by atoms with van der Waals surface area (Å²) in [5.41, 5.74) is 4.98. The minimum absolute atomic E-state index is 0.0805. The number of aliphatic hydroxyl groups is 1. The summed E-state index contributed by atoms with van der Waals surface area (Å²) in [6.45, 7) is 2.57. The van der Waals surface area contributed by atoms with Gasteiger partial charge in [0.2, 0.25) is 5.91 Å². The molecule has 35 heavy (non-hydrogen) atoms. The van der Waals surface area contributed by atoms with Crippen molar-refractivity contribution in [1.82, 2.24) is 9.80 Å². The number of nitrogens with zero attached hydrogens (tertiary/aromatic N) is 3. The van der Waals surface area contributed by atoms with Gasteiger partial charge in [0, 0.05) is 31.1 Å². The van der Waals surface area contributed by atoms with Gasteiger partial charge in [-0.3, -0.25) is 9.69 Å². The molecule has 0 radical (unpaired) electrons. The summed E-state index contributed by atoms with van der Waals surface area (Å²) in [5, 5.41) is 19.4. The van der Waals surface area contributed by atoms with E-state index in [2.05, 4.69) is 35.2 Å². The fraction of sp³-hybridized carbons (Fsp3) is 0.333. The fourth-order valence-electron chi connectivity index (χ4n) is 5.72. The number of nitriles is 1. The van der Waals surface area contributed by atoms with Crippen LogP contribution in [-0.2, 0) is 11.2 Å². The van der Waals surface area contributed by atoms with E-state index in [0.717, 1.165) is 42.6 Å². The highest BCUT2D eigenvalue weighted by molar-refractivity contribution is 5.79. The average Bonchev–Trinajstić information content (AvgIpc) is 2.88. The lowest BCUT2D eigenvalue weighted by molar-refractivity contribution is -0.135. The standard InChI is InChI=1S/C30H31N3O2/c31-19-23-9-6-10-26(17-23)24-11-13-25(14-12-24)30-27-20-32(15-4-5-16-33(27)28(30)21-34)29(35)18-22-7-2-1-3-8-22/h1-3,6-14,17,27-28,30,34H,4-5,15-16,18,20-21H2/t27-,28+,30-/m0/s1. The van der Waals surface area contributed by atoms with Crippen molar-refractivity contribution in [3.63, 3.8) is 0 Å². The van der Waals surface area contributed by atoms with Crippen molar-refractivity contribution in [2.75, 3.05) is 26.2 Å². The number of carbonyl (C=O) groups excluding carboxylic acids is 1. The van der Waals surface area contributed by atoms with Gasteiger partial charge in [0.05, 0.1) is 24.7 Å². The van der Waals surface area contributed by atoms with E-state index in [1.54, 1.807) is 0 Å². The Morgan fingerprint density at radius 2 is 1.71 bits per heavy atom. The SMILES string of the molecule is N#Cc1cccc(-c2ccc([C@@H]3[C@@H](CO)N4CCCCN(C(=O)Cc5ccccc5)C[C@@H]34)cc2)c1. The maximum absolute atomic E-state index is 13.2. The molecular weight excluding hydrogens is 434 g/mol. The maximum atomic E-state index is 13.2. The Morgan fingerprint density at radius 3 is 2.46 bits per heavy atom. The van der Waals surface area contributed by atoms with E-state index >= 15 is 0 Å². The van der Waals surface area contributed by atoms with Crippen molar-refractivity contribution >= 4 is 5.91 Å². The summed E-state index contributed by atoms with van der Waals surface area (Å²) in [6, 6.07) is 28.6. The largest absolute Gasteiger partial charge is 0.395 e. The van der Waals surface area contributed by atoms with E-state index in [9.17, 15) is 15.2 Å². The molecule has 2 aliphatic rings. The number of hydrogen-bond donors (Lipinski definition) is 1. The summed E-state index contributed by atoms with van der Waals surface area (Å²) in [6.07, 6.45) is 2.45. The van der Waals surface area contributed by atoms with Crippen molar-refractivity contribution in [1.29, 1.82) is 5.26 Å². The molecular formula is C30H31N3O2. The van der Waals surface area contributed by atoms with Gasteiger partial charge in [-0.15, -0.1) is 0 Å². The van der Waals surface area contributed by atoms with Crippen LogP contribution in [0, 0.1) is 11.3 Å². The zero-order valence-electron chi connectivity index (χ0n) is 19.9. The highest BCUT2D eigenvalue weighted by atomic mass is 16.3. The van der Waals surface area contributed by atoms with Crippen molar-refractivity contribution in [2.24, 2.45) is 0 Å². The molecule has 3 aromatic carbocycles. The van der Waals surface area contributed by atoms with Gasteiger partial charge in [0.25, 0.3) is 0 Å². The van der Waals surface area contributed by atoms with E-state index in [0.29, 0.717) is 18.5 Å². The predicted octanol–water partition coefficient (Wildman–Crippen LogP) is 4.22. The Labute approximate surface area is 207 Å². The molecule has 2 heterocycles. The van der Waals surface area contributed by atoms with Crippen LogP contribution in [0.3, 0.4) is 0 Å². The number of aliphatic hydroxyl groups excluding tert-OH is 1. The normalized spacial score (nSPS) is 22.3. The van der Waals surface area contributed by atoms with Crippen LogP contribution in [-0.4, -0.2) is 59.1 Å². The number of hydrogen-bond acceptors (Lipinski definition) is 4. The molecule has 2 saturated heterocycles. The Hall–Kier alpha value is -3.46. The molecule has 0 spiro atoms. The molecule has 178 valence electrons. The summed E-state index contributed by atoms with van der Waals surface area (Å²) in [4.78, 5) is 17.6. The van der Waals surface area contributed by atoms with Crippen LogP contribution in [0.4, 0.5) is 0 Å². The highest BCUT2D eigenvalue weighted by Gasteiger charge is 2.49. The maximum Gasteiger partial charge on any atom is 0.227 e. The summed E-state index contributed by atoms with van der Waals surface area (Å²) >= 11 is 0. The molecule has 0 unspecified atom stereocenters. The monoisotopic (exact) mass is 465 g/mol. The molecule has 1 N–H and O–H groups in total. The summed E-state index contributed by atoms with van der Waals surface area (Å²) in [5.74, 6) is 0.363. The molecule has 0 aromatic heterocycles. The summed E-state index contributed by atoms with van der Waals surface area (Å²) in [7, 11) is 0. The van der Waals surface area contributed by atoms with Crippen LogP contribution < -0.4 is 0 Å². The van der Waals surface area contributed by atoms with Crippen molar-refractivity contribution < 1.29 is 9.90 Å². The van der Waals surface area contributed by atoms with Gasteiger partial charge in [0.1, 0.15) is 0 Å². The third-order valence-electron chi connectivity index (χ3n) is 7.54. The second-order valence-corrected chi connectivity index (χ2v) is 9.60. The third-order valence-corrected chi connectivity index (χ3v) is 7.54. The molecule has 3 atom stereocenters. The first kappa shape index (κ1) is 23.3. The fourth-order valence-corrected chi connectivity index (χ4v) is 5.72. The van der Waals surface area contributed by atoms with E-state index in [-0.39, 0.29) is 30.5 Å². The van der Waals surface area contributed by atoms with Gasteiger partial charge < -0.3 is 10.0 Å².